The van der Waals surface area contributed by atoms with E-state index in [1.807, 2.05) is 0 Å². The van der Waals surface area contributed by atoms with Gasteiger partial charge in [0, 0.05) is 0 Å². The summed E-state index contributed by atoms with van der Waals surface area (Å²) in [6.45, 7) is 0. The van der Waals surface area contributed by atoms with Crippen LogP contribution < -0.4 is 0 Å². The Hall–Kier alpha value is 0.330. The van der Waals surface area contributed by atoms with Gasteiger partial charge in [0.05, 0.1) is 0 Å². The minimum atomic E-state index is -4.57. The maximum absolute atomic E-state index is 11.9. The minimum absolute atomic E-state index is 2.24. The summed E-state index contributed by atoms with van der Waals surface area (Å²) < 4.78 is 31.8. The van der Waals surface area contributed by atoms with E-state index >= 15 is 0 Å². The van der Waals surface area contributed by atoms with Crippen LogP contribution in [0.15, 0.2) is 0 Å². The minimum Gasteiger partial charge on any atom is -0.274 e. The highest BCUT2D eigenvalue weighted by Gasteiger charge is 2.58. The van der Waals surface area contributed by atoms with E-state index in [1.165, 1.54) is 0 Å². The fourth-order valence-corrected chi connectivity index (χ4v) is 0.510. The molecule has 0 aromatic heterocycles. The molecule has 0 fully saturated rings. The largest absolute Gasteiger partial charge is 0.381 e. The molecule has 10 heavy (non-hydrogen) atoms. The summed E-state index contributed by atoms with van der Waals surface area (Å²) in [5.74, 6) is -4.57. The third-order valence-electron chi connectivity index (χ3n) is 0.603. The zero-order chi connectivity index (χ0) is 8.58. The van der Waals surface area contributed by atoms with Crippen LogP contribution in [0.1, 0.15) is 0 Å². The molecule has 0 heterocycles. The van der Waals surface area contributed by atoms with Crippen LogP contribution in [0.4, 0.5) is 13.2 Å². The number of hydrogen-bond donors (Lipinski definition) is 0. The van der Waals surface area contributed by atoms with Gasteiger partial charge in [0.15, 0.2) is 0 Å². The van der Waals surface area contributed by atoms with Crippen LogP contribution in [0, 0.1) is 0 Å². The van der Waals surface area contributed by atoms with Crippen molar-refractivity contribution in [2.24, 2.45) is 0 Å². The first-order valence-corrected chi connectivity index (χ1v) is 2.97. The summed E-state index contributed by atoms with van der Waals surface area (Å²) in [6, 6.07) is 0. The van der Waals surface area contributed by atoms with Gasteiger partial charge in [-0.15, -0.1) is 0 Å². The Balaban J connectivity index is 4.57. The number of hydrogen-bond acceptors (Lipinski definition) is 1. The van der Waals surface area contributed by atoms with Gasteiger partial charge in [0.25, 0.3) is 5.24 Å². The lowest BCUT2D eigenvalue weighted by Gasteiger charge is -2.17. The number of rotatable bonds is 2. The van der Waals surface area contributed by atoms with Gasteiger partial charge in [-0.2, -0.15) is 8.78 Å². The molecule has 0 radical (unpaired) electrons. The zero-order valence-electron chi connectivity index (χ0n) is 4.18. The molecule has 0 saturated carbocycles. The van der Waals surface area contributed by atoms with E-state index in [9.17, 15) is 18.0 Å². The first-order chi connectivity index (χ1) is 4.19. The van der Waals surface area contributed by atoms with Crippen molar-refractivity contribution in [3.8, 4) is 0 Å². The average Bonchev–Trinajstić information content (AvgIpc) is 1.62. The molecule has 7 heteroatoms. The molecule has 0 saturated heterocycles. The predicted octanol–water partition coefficient (Wildman–Crippen LogP) is 2.49. The highest BCUT2D eigenvalue weighted by molar-refractivity contribution is 6.67. The number of halogens is 6. The summed E-state index contributed by atoms with van der Waals surface area (Å²) >= 11 is 12.8. The summed E-state index contributed by atoms with van der Waals surface area (Å²) in [6.07, 6.45) is 0. The van der Waals surface area contributed by atoms with Gasteiger partial charge >= 0.3 is 10.5 Å². The molecule has 0 atom stereocenters. The Labute approximate surface area is 69.0 Å². The molecule has 0 amide bonds. The third kappa shape index (κ3) is 1.90. The van der Waals surface area contributed by atoms with Crippen molar-refractivity contribution in [3.05, 3.63) is 0 Å². The van der Waals surface area contributed by atoms with E-state index in [4.69, 9.17) is 0 Å². The topological polar surface area (TPSA) is 17.1 Å². The van der Waals surface area contributed by atoms with Gasteiger partial charge in [-0.25, -0.2) is 4.39 Å². The first kappa shape index (κ1) is 10.3. The van der Waals surface area contributed by atoms with E-state index in [0.717, 1.165) is 0 Å². The van der Waals surface area contributed by atoms with Gasteiger partial charge in [0.2, 0.25) is 0 Å². The second-order valence-electron chi connectivity index (χ2n) is 1.35. The van der Waals surface area contributed by atoms with Gasteiger partial charge in [-0.3, -0.25) is 4.79 Å². The van der Waals surface area contributed by atoms with Crippen molar-refractivity contribution in [1.29, 1.82) is 0 Å². The van der Waals surface area contributed by atoms with Crippen molar-refractivity contribution in [2.45, 2.75) is 10.5 Å². The molecule has 0 aliphatic carbocycles. The first-order valence-electron chi connectivity index (χ1n) is 1.84. The van der Waals surface area contributed by atoms with Crippen molar-refractivity contribution < 1.29 is 18.0 Å². The van der Waals surface area contributed by atoms with Crippen molar-refractivity contribution in [1.82, 2.24) is 0 Å². The Bertz CT molecular complexity index is 152. The van der Waals surface area contributed by atoms with Crippen LogP contribution in [-0.4, -0.2) is 15.8 Å². The molecular weight excluding hydrogens is 215 g/mol. The fourth-order valence-electron chi connectivity index (χ4n) is 0.111. The molecule has 0 aromatic carbocycles. The van der Waals surface area contributed by atoms with Crippen LogP contribution in [-0.2, 0) is 4.79 Å². The Morgan fingerprint density at radius 1 is 1.20 bits per heavy atom. The zero-order valence-corrected chi connectivity index (χ0v) is 6.44. The molecule has 0 unspecified atom stereocenters. The molecule has 0 aliphatic rings. The lowest BCUT2D eigenvalue weighted by Crippen LogP contribution is -2.39. The molecular formula is C3Cl3F3O. The fraction of sp³-hybridized carbons (Fsp3) is 0.667. The molecule has 0 aromatic rings. The smallest absolute Gasteiger partial charge is 0.274 e. The third-order valence-corrected chi connectivity index (χ3v) is 1.31. The Morgan fingerprint density at radius 2 is 1.50 bits per heavy atom. The second kappa shape index (κ2) is 2.75. The van der Waals surface area contributed by atoms with E-state index in [0.29, 0.717) is 0 Å². The van der Waals surface area contributed by atoms with Gasteiger partial charge in [0.1, 0.15) is 0 Å². The number of carbonyl (C=O) groups is 1. The normalized spacial score (nSPS) is 13.4. The molecule has 0 N–H and O–H groups in total. The second-order valence-corrected chi connectivity index (χ2v) is 2.92. The summed E-state index contributed by atoms with van der Waals surface area (Å²) in [4.78, 5) is 9.72. The number of carbonyl (C=O) groups excluding carboxylic acids is 1. The standard InChI is InChI=1S/C3Cl3F3O/c4-1(10)2(7,8)3(5,6)9. The van der Waals surface area contributed by atoms with Crippen LogP contribution in [0.5, 0.6) is 0 Å². The lowest BCUT2D eigenvalue weighted by molar-refractivity contribution is -0.141. The molecule has 0 bridgehead atoms. The number of alkyl halides is 5. The summed E-state index contributed by atoms with van der Waals surface area (Å²) in [5, 5.41) is -2.24. The molecule has 0 spiro atoms. The Kier molecular flexibility index (Phi) is 2.85. The van der Waals surface area contributed by atoms with Crippen LogP contribution in [0.25, 0.3) is 0 Å². The highest BCUT2D eigenvalue weighted by atomic mass is 35.5. The van der Waals surface area contributed by atoms with E-state index in [1.54, 1.807) is 0 Å². The van der Waals surface area contributed by atoms with Crippen LogP contribution >= 0.6 is 34.8 Å². The van der Waals surface area contributed by atoms with Crippen LogP contribution in [0.2, 0.25) is 0 Å². The predicted molar refractivity (Wildman–Crippen MR) is 31.4 cm³/mol. The van der Waals surface area contributed by atoms with E-state index in [2.05, 4.69) is 34.8 Å². The summed E-state index contributed by atoms with van der Waals surface area (Å²) in [7, 11) is 0. The SMILES string of the molecule is O=C(Cl)C(F)(F)C(F)(Cl)Cl. The maximum atomic E-state index is 11.9. The molecule has 1 nitrogen and oxygen atoms in total. The van der Waals surface area contributed by atoms with Gasteiger partial charge < -0.3 is 0 Å². The van der Waals surface area contributed by atoms with Gasteiger partial charge in [-0.05, 0) is 11.6 Å². The maximum Gasteiger partial charge on any atom is 0.381 e. The molecule has 0 rings (SSSR count). The van der Waals surface area contributed by atoms with Crippen molar-refractivity contribution in [2.75, 3.05) is 0 Å². The van der Waals surface area contributed by atoms with E-state index < -0.39 is 15.8 Å². The highest BCUT2D eigenvalue weighted by Crippen LogP contribution is 2.41. The Morgan fingerprint density at radius 3 is 1.50 bits per heavy atom. The monoisotopic (exact) mass is 214 g/mol. The quantitative estimate of drug-likeness (QED) is 0.511. The van der Waals surface area contributed by atoms with Gasteiger partial charge in [-0.1, -0.05) is 23.2 Å². The van der Waals surface area contributed by atoms with Crippen molar-refractivity contribution >= 4 is 40.0 Å². The molecule has 0 aliphatic heterocycles. The summed E-state index contributed by atoms with van der Waals surface area (Å²) in [5.41, 5.74) is 0. The average molecular weight is 215 g/mol. The van der Waals surface area contributed by atoms with Crippen LogP contribution in [0.3, 0.4) is 0 Å². The van der Waals surface area contributed by atoms with E-state index in [-0.39, 0.29) is 0 Å². The van der Waals surface area contributed by atoms with Crippen molar-refractivity contribution in [3.63, 3.8) is 0 Å². The molecule has 60 valence electrons. The lowest BCUT2D eigenvalue weighted by atomic mass is 10.4.